The maximum Gasteiger partial charge on any atom is 0.224 e. The summed E-state index contributed by atoms with van der Waals surface area (Å²) in [4.78, 5) is 6.57. The molecule has 38 heavy (non-hydrogen) atoms. The average Bonchev–Trinajstić information content (AvgIpc) is 3.37. The summed E-state index contributed by atoms with van der Waals surface area (Å²) in [5.41, 5.74) is 0.309. The summed E-state index contributed by atoms with van der Waals surface area (Å²) in [7, 11) is 3.65. The third-order valence-corrected chi connectivity index (χ3v) is 8.13. The molecule has 1 aliphatic carbocycles. The second-order valence-electron chi connectivity index (χ2n) is 9.45. The van der Waals surface area contributed by atoms with E-state index in [-0.39, 0.29) is 11.1 Å². The van der Waals surface area contributed by atoms with Crippen LogP contribution in [0.3, 0.4) is 0 Å². The minimum Gasteiger partial charge on any atom is -0.481 e. The van der Waals surface area contributed by atoms with Gasteiger partial charge in [0.05, 0.1) is 25.9 Å². The van der Waals surface area contributed by atoms with E-state index >= 15 is 0 Å². The van der Waals surface area contributed by atoms with Crippen LogP contribution in [-0.4, -0.2) is 55.5 Å². The number of hydrogen-bond acceptors (Lipinski definition) is 6. The molecule has 3 aromatic rings. The Kier molecular flexibility index (Phi) is 9.37. The van der Waals surface area contributed by atoms with E-state index in [0.717, 1.165) is 48.3 Å². The Morgan fingerprint density at radius 1 is 1.08 bits per heavy atom. The fraction of sp³-hybridized carbons (Fsp3) is 0.433. The first-order chi connectivity index (χ1) is 18.4. The van der Waals surface area contributed by atoms with Crippen molar-refractivity contribution < 1.29 is 19.3 Å². The standard InChI is InChI=1S/C23H19BrClNO3.C5H11NO.C2H6/c1-28-21-20-18(13-19(25)26-21)29-23(15-7-9-16(24)10-8-15)17(11-12-22(20,23)27)14-5-3-2-4-6-14;1-6-2-4-7-5-3-6;1-2/h2-10,13,17,27H,11-12H2,1H3;2-5H2,1H3;1-2H3. The second kappa shape index (κ2) is 12.3. The molecule has 204 valence electrons. The Bertz CT molecular complexity index is 1210. The molecule has 3 heterocycles. The third-order valence-electron chi connectivity index (χ3n) is 7.41. The molecule has 1 saturated carbocycles. The van der Waals surface area contributed by atoms with E-state index in [1.165, 1.54) is 7.11 Å². The molecule has 0 radical (unpaired) electrons. The Labute approximate surface area is 239 Å². The van der Waals surface area contributed by atoms with Gasteiger partial charge in [0.1, 0.15) is 16.5 Å². The molecule has 6 nitrogen and oxygen atoms in total. The van der Waals surface area contributed by atoms with Gasteiger partial charge in [-0.05, 0) is 43.1 Å². The molecule has 6 rings (SSSR count). The monoisotopic (exact) mass is 602 g/mol. The van der Waals surface area contributed by atoms with Gasteiger partial charge in [0.2, 0.25) is 5.88 Å². The molecule has 0 amide bonds. The first-order valence-electron chi connectivity index (χ1n) is 13.1. The Morgan fingerprint density at radius 2 is 1.74 bits per heavy atom. The van der Waals surface area contributed by atoms with Crippen molar-refractivity contribution >= 4 is 27.5 Å². The number of likely N-dealkylation sites (N-methyl/N-ethyl adjacent to an activating group) is 1. The van der Waals surface area contributed by atoms with Crippen LogP contribution in [0.1, 0.15) is 49.3 Å². The van der Waals surface area contributed by atoms with E-state index in [1.54, 1.807) is 6.07 Å². The summed E-state index contributed by atoms with van der Waals surface area (Å²) in [6.07, 6.45) is 1.29. The number of morpholine rings is 1. The predicted molar refractivity (Wildman–Crippen MR) is 154 cm³/mol. The molecule has 3 atom stereocenters. The summed E-state index contributed by atoms with van der Waals surface area (Å²) in [5, 5.41) is 12.5. The fourth-order valence-electron chi connectivity index (χ4n) is 5.69. The lowest BCUT2D eigenvalue weighted by Gasteiger charge is -2.40. The first kappa shape index (κ1) is 28.8. The number of hydrogen-bond donors (Lipinski definition) is 1. The highest BCUT2D eigenvalue weighted by molar-refractivity contribution is 9.10. The zero-order valence-electron chi connectivity index (χ0n) is 22.4. The van der Waals surface area contributed by atoms with E-state index in [4.69, 9.17) is 25.8 Å². The van der Waals surface area contributed by atoms with Gasteiger partial charge in [-0.1, -0.05) is 83.8 Å². The zero-order valence-corrected chi connectivity index (χ0v) is 24.8. The van der Waals surface area contributed by atoms with Crippen molar-refractivity contribution in [2.24, 2.45) is 0 Å². The molecule has 2 fully saturated rings. The quantitative estimate of drug-likeness (QED) is 0.343. The molecule has 1 saturated heterocycles. The number of ether oxygens (including phenoxy) is 3. The smallest absolute Gasteiger partial charge is 0.224 e. The largest absolute Gasteiger partial charge is 0.481 e. The molecule has 2 aliphatic heterocycles. The van der Waals surface area contributed by atoms with Gasteiger partial charge in [-0.25, -0.2) is 4.98 Å². The lowest BCUT2D eigenvalue weighted by Crippen LogP contribution is -2.48. The number of halogens is 2. The molecule has 2 aromatic carbocycles. The molecule has 3 unspecified atom stereocenters. The van der Waals surface area contributed by atoms with Crippen LogP contribution in [0.2, 0.25) is 5.15 Å². The molecule has 0 bridgehead atoms. The van der Waals surface area contributed by atoms with Gasteiger partial charge in [-0.2, -0.15) is 0 Å². The molecule has 3 aliphatic rings. The number of rotatable bonds is 3. The van der Waals surface area contributed by atoms with Crippen LogP contribution < -0.4 is 9.47 Å². The number of benzene rings is 2. The molecule has 1 N–H and O–H groups in total. The van der Waals surface area contributed by atoms with Gasteiger partial charge >= 0.3 is 0 Å². The Balaban J connectivity index is 0.000000321. The second-order valence-corrected chi connectivity index (χ2v) is 10.8. The molecule has 1 aromatic heterocycles. The van der Waals surface area contributed by atoms with E-state index in [9.17, 15) is 5.11 Å². The van der Waals surface area contributed by atoms with Gasteiger partial charge in [-0.3, -0.25) is 0 Å². The van der Waals surface area contributed by atoms with Crippen LogP contribution in [-0.2, 0) is 15.9 Å². The third kappa shape index (κ3) is 5.19. The SMILES string of the molecule is CC.CN1CCOCC1.COc1nc(Cl)cc2c1C1(O)CCC(c3ccccc3)C1(c1ccc(Br)cc1)O2. The minimum absolute atomic E-state index is 0.0502. The Hall–Kier alpha value is -2.16. The van der Waals surface area contributed by atoms with Gasteiger partial charge in [0.15, 0.2) is 5.60 Å². The summed E-state index contributed by atoms with van der Waals surface area (Å²) >= 11 is 9.72. The molecule has 8 heteroatoms. The summed E-state index contributed by atoms with van der Waals surface area (Å²) in [6, 6.07) is 19.8. The van der Waals surface area contributed by atoms with Crippen molar-refractivity contribution in [1.29, 1.82) is 0 Å². The molecule has 0 spiro atoms. The van der Waals surface area contributed by atoms with Crippen LogP contribution >= 0.6 is 27.5 Å². The van der Waals surface area contributed by atoms with E-state index in [0.29, 0.717) is 23.6 Å². The van der Waals surface area contributed by atoms with Crippen molar-refractivity contribution in [3.8, 4) is 11.6 Å². The first-order valence-corrected chi connectivity index (χ1v) is 14.3. The van der Waals surface area contributed by atoms with Crippen LogP contribution in [0.25, 0.3) is 0 Å². The Morgan fingerprint density at radius 3 is 2.32 bits per heavy atom. The van der Waals surface area contributed by atoms with Crippen molar-refractivity contribution in [3.63, 3.8) is 0 Å². The van der Waals surface area contributed by atoms with Gasteiger partial charge in [-0.15, -0.1) is 0 Å². The highest BCUT2D eigenvalue weighted by Gasteiger charge is 2.69. The van der Waals surface area contributed by atoms with Crippen LogP contribution in [0.15, 0.2) is 65.1 Å². The number of aromatic nitrogens is 1. The van der Waals surface area contributed by atoms with E-state index < -0.39 is 11.2 Å². The highest BCUT2D eigenvalue weighted by Crippen LogP contribution is 2.68. The summed E-state index contributed by atoms with van der Waals surface area (Å²) < 4.78 is 18.2. The average molecular weight is 604 g/mol. The lowest BCUT2D eigenvalue weighted by atomic mass is 9.72. The van der Waals surface area contributed by atoms with Crippen molar-refractivity contribution in [2.45, 2.75) is 43.8 Å². The predicted octanol–water partition coefficient (Wildman–Crippen LogP) is 6.53. The number of methoxy groups -OCH3 is 1. The minimum atomic E-state index is -1.29. The number of fused-ring (bicyclic) bond motifs is 3. The van der Waals surface area contributed by atoms with E-state index in [2.05, 4.69) is 45.0 Å². The fourth-order valence-corrected chi connectivity index (χ4v) is 6.13. The van der Waals surface area contributed by atoms with Crippen molar-refractivity contribution in [3.05, 3.63) is 87.0 Å². The van der Waals surface area contributed by atoms with Gasteiger partial charge < -0.3 is 24.2 Å². The number of aliphatic hydroxyl groups is 1. The molecular formula is C30H36BrClN2O4. The zero-order chi connectivity index (χ0) is 27.3. The van der Waals surface area contributed by atoms with Crippen LogP contribution in [0.5, 0.6) is 11.6 Å². The highest BCUT2D eigenvalue weighted by atomic mass is 79.9. The lowest BCUT2D eigenvalue weighted by molar-refractivity contribution is -0.106. The van der Waals surface area contributed by atoms with E-state index in [1.807, 2.05) is 56.3 Å². The van der Waals surface area contributed by atoms with Crippen LogP contribution in [0.4, 0.5) is 0 Å². The maximum atomic E-state index is 12.2. The van der Waals surface area contributed by atoms with Crippen molar-refractivity contribution in [1.82, 2.24) is 9.88 Å². The van der Waals surface area contributed by atoms with Crippen LogP contribution in [0, 0.1) is 0 Å². The van der Waals surface area contributed by atoms with Crippen molar-refractivity contribution in [2.75, 3.05) is 40.5 Å². The summed E-state index contributed by atoms with van der Waals surface area (Å²) in [5.74, 6) is 0.779. The normalized spacial score (nSPS) is 25.6. The topological polar surface area (TPSA) is 64.1 Å². The number of nitrogens with zero attached hydrogens (tertiary/aromatic N) is 2. The maximum absolute atomic E-state index is 12.2. The summed E-state index contributed by atoms with van der Waals surface area (Å²) in [6.45, 7) is 8.02. The van der Waals surface area contributed by atoms with Gasteiger partial charge in [0.25, 0.3) is 0 Å². The van der Waals surface area contributed by atoms with Gasteiger partial charge in [0, 0.05) is 29.5 Å². The molecular weight excluding hydrogens is 568 g/mol. The number of pyridine rings is 1.